The first kappa shape index (κ1) is 32.6. The molecule has 4 rings (SSSR count). The van der Waals surface area contributed by atoms with Crippen molar-refractivity contribution >= 4 is 39.1 Å². The van der Waals surface area contributed by atoms with Crippen LogP contribution in [-0.2, 0) is 32.6 Å². The fourth-order valence-electron chi connectivity index (χ4n) is 4.83. The van der Waals surface area contributed by atoms with E-state index in [-0.39, 0.29) is 40.2 Å². The number of nitrogens with zero attached hydrogens (tertiary/aromatic N) is 2. The second-order valence-electron chi connectivity index (χ2n) is 10.2. The third-order valence-electron chi connectivity index (χ3n) is 7.12. The van der Waals surface area contributed by atoms with Gasteiger partial charge in [-0.05, 0) is 55.3 Å². The van der Waals surface area contributed by atoms with Gasteiger partial charge in [-0.15, -0.1) is 0 Å². The van der Waals surface area contributed by atoms with Crippen molar-refractivity contribution in [3.63, 3.8) is 0 Å². The number of halogens is 1. The lowest BCUT2D eigenvalue weighted by molar-refractivity contribution is -0.140. The Morgan fingerprint density at radius 1 is 0.886 bits per heavy atom. The first-order chi connectivity index (χ1) is 21.1. The minimum atomic E-state index is -4.28. The SMILES string of the molecule is CCNC(=O)[C@@H](Cc1ccccc1)N(Cc1ccc(C)cc1)C(=O)CN(c1cc(Cl)ccc1OC)S(=O)(=O)c1ccccc1. The summed E-state index contributed by atoms with van der Waals surface area (Å²) in [6, 6.07) is 28.5. The summed E-state index contributed by atoms with van der Waals surface area (Å²) in [7, 11) is -2.87. The number of carbonyl (C=O) groups excluding carboxylic acids is 2. The Kier molecular flexibility index (Phi) is 11.0. The van der Waals surface area contributed by atoms with Crippen molar-refractivity contribution in [1.82, 2.24) is 10.2 Å². The molecule has 10 heteroatoms. The van der Waals surface area contributed by atoms with Crippen LogP contribution in [0.25, 0.3) is 0 Å². The van der Waals surface area contributed by atoms with Crippen molar-refractivity contribution in [2.24, 2.45) is 0 Å². The molecular formula is C34H36ClN3O5S. The smallest absolute Gasteiger partial charge is 0.264 e. The van der Waals surface area contributed by atoms with Gasteiger partial charge in [-0.25, -0.2) is 8.42 Å². The number of likely N-dealkylation sites (N-methyl/N-ethyl adjacent to an activating group) is 1. The van der Waals surface area contributed by atoms with E-state index in [1.807, 2.05) is 68.4 Å². The van der Waals surface area contributed by atoms with Crippen molar-refractivity contribution in [2.75, 3.05) is 24.5 Å². The molecule has 1 atom stereocenters. The highest BCUT2D eigenvalue weighted by Crippen LogP contribution is 2.35. The fourth-order valence-corrected chi connectivity index (χ4v) is 6.43. The fraction of sp³-hybridized carbons (Fsp3) is 0.235. The minimum absolute atomic E-state index is 0.00975. The number of benzene rings is 4. The van der Waals surface area contributed by atoms with Gasteiger partial charge in [-0.2, -0.15) is 0 Å². The summed E-state index contributed by atoms with van der Waals surface area (Å²) in [6.07, 6.45) is 0.232. The van der Waals surface area contributed by atoms with Crippen LogP contribution in [0.15, 0.2) is 108 Å². The van der Waals surface area contributed by atoms with Gasteiger partial charge in [0.1, 0.15) is 18.3 Å². The van der Waals surface area contributed by atoms with Gasteiger partial charge in [-0.3, -0.25) is 13.9 Å². The van der Waals surface area contributed by atoms with Crippen LogP contribution < -0.4 is 14.4 Å². The van der Waals surface area contributed by atoms with E-state index in [2.05, 4.69) is 5.32 Å². The summed E-state index contributed by atoms with van der Waals surface area (Å²) in [4.78, 5) is 29.5. The quantitative estimate of drug-likeness (QED) is 0.206. The highest BCUT2D eigenvalue weighted by molar-refractivity contribution is 7.92. The third-order valence-corrected chi connectivity index (χ3v) is 9.12. The predicted molar refractivity (Wildman–Crippen MR) is 173 cm³/mol. The Morgan fingerprint density at radius 3 is 2.14 bits per heavy atom. The average Bonchev–Trinajstić information content (AvgIpc) is 3.03. The summed E-state index contributed by atoms with van der Waals surface area (Å²) >= 11 is 6.32. The lowest BCUT2D eigenvalue weighted by Crippen LogP contribution is -2.53. The van der Waals surface area contributed by atoms with Crippen LogP contribution in [0.4, 0.5) is 5.69 Å². The Hall–Kier alpha value is -4.34. The van der Waals surface area contributed by atoms with Crippen LogP contribution in [0.3, 0.4) is 0 Å². The molecule has 0 saturated carbocycles. The first-order valence-electron chi connectivity index (χ1n) is 14.2. The van der Waals surface area contributed by atoms with Gasteiger partial charge in [0, 0.05) is 24.5 Å². The molecule has 0 fully saturated rings. The zero-order valence-corrected chi connectivity index (χ0v) is 26.5. The minimum Gasteiger partial charge on any atom is -0.495 e. The molecule has 0 aliphatic heterocycles. The molecule has 0 bridgehead atoms. The molecule has 0 aliphatic rings. The van der Waals surface area contributed by atoms with Gasteiger partial charge in [-0.1, -0.05) is 90.0 Å². The Morgan fingerprint density at radius 2 is 1.52 bits per heavy atom. The zero-order chi connectivity index (χ0) is 31.7. The monoisotopic (exact) mass is 633 g/mol. The average molecular weight is 634 g/mol. The number of aryl methyl sites for hydroxylation is 1. The zero-order valence-electron chi connectivity index (χ0n) is 24.9. The molecule has 0 spiro atoms. The second-order valence-corrected chi connectivity index (χ2v) is 12.5. The molecule has 2 amide bonds. The third kappa shape index (κ3) is 7.98. The predicted octanol–water partition coefficient (Wildman–Crippen LogP) is 5.63. The Bertz CT molecular complexity index is 1670. The maximum absolute atomic E-state index is 14.5. The van der Waals surface area contributed by atoms with E-state index in [0.717, 1.165) is 21.0 Å². The van der Waals surface area contributed by atoms with Crippen molar-refractivity contribution < 1.29 is 22.7 Å². The molecule has 0 heterocycles. The summed E-state index contributed by atoms with van der Waals surface area (Å²) in [5, 5.41) is 3.13. The topological polar surface area (TPSA) is 96.0 Å². The molecule has 230 valence electrons. The maximum atomic E-state index is 14.5. The summed E-state index contributed by atoms with van der Waals surface area (Å²) in [5.41, 5.74) is 2.80. The van der Waals surface area contributed by atoms with Crippen molar-refractivity contribution in [3.05, 3.63) is 125 Å². The van der Waals surface area contributed by atoms with E-state index < -0.39 is 28.5 Å². The number of ether oxygens (including phenoxy) is 1. The van der Waals surface area contributed by atoms with Gasteiger partial charge in [0.05, 0.1) is 17.7 Å². The van der Waals surface area contributed by atoms with Crippen LogP contribution in [-0.4, -0.2) is 51.4 Å². The second kappa shape index (κ2) is 14.9. The number of hydrogen-bond acceptors (Lipinski definition) is 5. The normalized spacial score (nSPS) is 11.8. The number of anilines is 1. The molecule has 0 aromatic heterocycles. The van der Waals surface area contributed by atoms with E-state index in [1.165, 1.54) is 30.2 Å². The molecule has 0 saturated heterocycles. The lowest BCUT2D eigenvalue weighted by atomic mass is 10.0. The van der Waals surface area contributed by atoms with E-state index in [0.29, 0.717) is 6.54 Å². The summed E-state index contributed by atoms with van der Waals surface area (Å²) in [5.74, 6) is -0.690. The number of nitrogens with one attached hydrogen (secondary N) is 1. The molecule has 4 aromatic rings. The highest BCUT2D eigenvalue weighted by atomic mass is 35.5. The molecule has 4 aromatic carbocycles. The summed E-state index contributed by atoms with van der Waals surface area (Å²) in [6.45, 7) is 3.61. The van der Waals surface area contributed by atoms with Gasteiger partial charge in [0.15, 0.2) is 0 Å². The van der Waals surface area contributed by atoms with E-state index in [9.17, 15) is 18.0 Å². The van der Waals surface area contributed by atoms with Crippen LogP contribution >= 0.6 is 11.6 Å². The molecule has 44 heavy (non-hydrogen) atoms. The van der Waals surface area contributed by atoms with Gasteiger partial charge >= 0.3 is 0 Å². The van der Waals surface area contributed by atoms with Crippen molar-refractivity contribution in [1.29, 1.82) is 0 Å². The standard InChI is InChI=1S/C34H36ClN3O5S/c1-4-36-34(40)31(21-26-11-7-5-8-12-26)37(23-27-17-15-25(2)16-18-27)33(39)24-38(30-22-28(35)19-20-32(30)43-3)44(41,42)29-13-9-6-10-14-29/h5-20,22,31H,4,21,23-24H2,1-3H3,(H,36,40)/t31-/m1/s1. The van der Waals surface area contributed by atoms with E-state index >= 15 is 0 Å². The van der Waals surface area contributed by atoms with Crippen molar-refractivity contribution in [2.45, 2.75) is 37.8 Å². The van der Waals surface area contributed by atoms with Gasteiger partial charge < -0.3 is 15.0 Å². The van der Waals surface area contributed by atoms with Crippen LogP contribution in [0, 0.1) is 6.92 Å². The van der Waals surface area contributed by atoms with Gasteiger partial charge in [0.25, 0.3) is 10.0 Å². The molecule has 1 N–H and O–H groups in total. The van der Waals surface area contributed by atoms with Crippen molar-refractivity contribution in [3.8, 4) is 5.75 Å². The lowest BCUT2D eigenvalue weighted by Gasteiger charge is -2.34. The number of carbonyl (C=O) groups is 2. The highest BCUT2D eigenvalue weighted by Gasteiger charge is 2.35. The molecule has 8 nitrogen and oxygen atoms in total. The number of sulfonamides is 1. The Labute approximate surface area is 264 Å². The maximum Gasteiger partial charge on any atom is 0.264 e. The van der Waals surface area contributed by atoms with Crippen LogP contribution in [0.5, 0.6) is 5.75 Å². The largest absolute Gasteiger partial charge is 0.495 e. The molecule has 0 radical (unpaired) electrons. The van der Waals surface area contributed by atoms with Gasteiger partial charge in [0.2, 0.25) is 11.8 Å². The first-order valence-corrected chi connectivity index (χ1v) is 16.0. The number of hydrogen-bond donors (Lipinski definition) is 1. The molecule has 0 unspecified atom stereocenters. The number of amides is 2. The van der Waals surface area contributed by atoms with E-state index in [4.69, 9.17) is 16.3 Å². The Balaban J connectivity index is 1.83. The van der Waals surface area contributed by atoms with Crippen LogP contribution in [0.1, 0.15) is 23.6 Å². The van der Waals surface area contributed by atoms with Crippen LogP contribution in [0.2, 0.25) is 5.02 Å². The summed E-state index contributed by atoms with van der Waals surface area (Å²) < 4.78 is 34.8. The molecular weight excluding hydrogens is 598 g/mol. The van der Waals surface area contributed by atoms with E-state index in [1.54, 1.807) is 30.3 Å². The number of rotatable bonds is 13. The number of methoxy groups -OCH3 is 1. The molecule has 0 aliphatic carbocycles.